The smallest absolute Gasteiger partial charge is 0.314 e. The van der Waals surface area contributed by atoms with Crippen molar-refractivity contribution in [3.63, 3.8) is 0 Å². The molecule has 0 aliphatic rings. The second-order valence-corrected chi connectivity index (χ2v) is 7.17. The third-order valence-corrected chi connectivity index (χ3v) is 5.44. The summed E-state index contributed by atoms with van der Waals surface area (Å²) in [5.41, 5.74) is 1.50. The topological polar surface area (TPSA) is 61.5 Å². The zero-order valence-electron chi connectivity index (χ0n) is 11.6. The number of hydrogen-bond donors (Lipinski definition) is 1. The van der Waals surface area contributed by atoms with E-state index in [9.17, 15) is 17.7 Å². The van der Waals surface area contributed by atoms with Gasteiger partial charge in [-0.25, -0.2) is 0 Å². The van der Waals surface area contributed by atoms with Crippen molar-refractivity contribution in [2.24, 2.45) is 5.73 Å². The van der Waals surface area contributed by atoms with Gasteiger partial charge >= 0.3 is 13.1 Å². The first-order valence-electron chi connectivity index (χ1n) is 6.22. The Hall–Kier alpha value is -0.530. The van der Waals surface area contributed by atoms with E-state index in [1.807, 2.05) is 0 Å². The molecule has 21 heavy (non-hydrogen) atoms. The number of rotatable bonds is 7. The van der Waals surface area contributed by atoms with Crippen LogP contribution in [0.25, 0.3) is 0 Å². The number of thioether (sulfide) groups is 1. The van der Waals surface area contributed by atoms with Crippen LogP contribution in [-0.4, -0.2) is 18.7 Å². The summed E-state index contributed by atoms with van der Waals surface area (Å²) in [5, 5.41) is 0. The van der Waals surface area contributed by atoms with Crippen molar-refractivity contribution in [2.45, 2.75) is 30.0 Å². The number of alkyl halides is 3. The zero-order chi connectivity index (χ0) is 16.1. The molecule has 0 aliphatic carbocycles. The fourth-order valence-corrected chi connectivity index (χ4v) is 4.15. The van der Waals surface area contributed by atoms with E-state index in [4.69, 9.17) is 14.8 Å². The van der Waals surface area contributed by atoms with Crippen molar-refractivity contribution in [1.29, 1.82) is 0 Å². The summed E-state index contributed by atoms with van der Waals surface area (Å²) in [6, 6.07) is 5.65. The number of halogens is 3. The first kappa shape index (κ1) is 18.5. The number of benzene rings is 1. The first-order valence-corrected chi connectivity index (χ1v) is 8.65. The first-order chi connectivity index (χ1) is 9.73. The van der Waals surface area contributed by atoms with Crippen molar-refractivity contribution >= 4 is 19.4 Å². The van der Waals surface area contributed by atoms with E-state index in [1.54, 1.807) is 13.8 Å². The average Bonchev–Trinajstić information content (AvgIpc) is 2.37. The molecule has 0 fully saturated rings. The molecule has 0 bridgehead atoms. The van der Waals surface area contributed by atoms with Crippen molar-refractivity contribution in [1.82, 2.24) is 0 Å². The lowest BCUT2D eigenvalue weighted by molar-refractivity contribution is -0.0328. The van der Waals surface area contributed by atoms with Crippen LogP contribution in [0.3, 0.4) is 0 Å². The second-order valence-electron chi connectivity index (χ2n) is 3.91. The molecule has 0 aliphatic heterocycles. The quantitative estimate of drug-likeness (QED) is 0.582. The molecule has 0 aromatic heterocycles. The second kappa shape index (κ2) is 7.65. The minimum Gasteiger partial charge on any atom is -0.314 e. The molecule has 0 spiro atoms. The van der Waals surface area contributed by atoms with E-state index >= 15 is 0 Å². The van der Waals surface area contributed by atoms with Crippen molar-refractivity contribution < 1.29 is 26.8 Å². The summed E-state index contributed by atoms with van der Waals surface area (Å²) in [4.78, 5) is -0.114. The van der Waals surface area contributed by atoms with E-state index in [-0.39, 0.29) is 35.4 Å². The Kier molecular flexibility index (Phi) is 6.74. The molecule has 1 aromatic carbocycles. The van der Waals surface area contributed by atoms with Crippen LogP contribution in [-0.2, 0) is 13.6 Å². The van der Waals surface area contributed by atoms with Gasteiger partial charge in [0.1, 0.15) is 5.78 Å². The van der Waals surface area contributed by atoms with E-state index in [0.717, 1.165) is 0 Å². The molecular formula is C12H17F3NO3PS. The predicted molar refractivity (Wildman–Crippen MR) is 76.1 cm³/mol. The van der Waals surface area contributed by atoms with Crippen LogP contribution in [0, 0.1) is 0 Å². The van der Waals surface area contributed by atoms with Crippen molar-refractivity contribution in [2.75, 3.05) is 13.2 Å². The van der Waals surface area contributed by atoms with E-state index in [0.29, 0.717) is 0 Å². The molecule has 0 heterocycles. The average molecular weight is 343 g/mol. The monoisotopic (exact) mass is 343 g/mol. The Morgan fingerprint density at radius 3 is 2.24 bits per heavy atom. The lowest BCUT2D eigenvalue weighted by Gasteiger charge is -2.25. The Bertz CT molecular complexity index is 503. The summed E-state index contributed by atoms with van der Waals surface area (Å²) < 4.78 is 60.5. The Labute approximate surface area is 125 Å². The molecule has 120 valence electrons. The van der Waals surface area contributed by atoms with Crippen LogP contribution in [0.1, 0.15) is 25.2 Å². The highest BCUT2D eigenvalue weighted by Crippen LogP contribution is 2.59. The van der Waals surface area contributed by atoms with Gasteiger partial charge < -0.3 is 14.8 Å². The molecule has 1 atom stereocenters. The minimum atomic E-state index is -4.46. The Morgan fingerprint density at radius 2 is 1.76 bits per heavy atom. The van der Waals surface area contributed by atoms with Gasteiger partial charge in [-0.15, -0.1) is 0 Å². The van der Waals surface area contributed by atoms with Gasteiger partial charge in [0, 0.05) is 4.90 Å². The van der Waals surface area contributed by atoms with Gasteiger partial charge in [0.2, 0.25) is 0 Å². The summed E-state index contributed by atoms with van der Waals surface area (Å²) in [7, 11) is -3.73. The largest absolute Gasteiger partial charge is 0.446 e. The highest BCUT2D eigenvalue weighted by atomic mass is 32.2. The van der Waals surface area contributed by atoms with Crippen LogP contribution in [0.5, 0.6) is 0 Å². The summed E-state index contributed by atoms with van der Waals surface area (Å²) in [5.74, 6) is -1.27. The Balaban J connectivity index is 3.16. The Morgan fingerprint density at radius 1 is 1.24 bits per heavy atom. The number of hydrogen-bond acceptors (Lipinski definition) is 5. The standard InChI is InChI=1S/C12H17F3NO3PS/c1-3-18-20(17,19-4-2)11(16)9-7-5-6-8-10(9)21-12(13,14)15/h5-8,11H,3-4,16H2,1-2H3/t11-/m0/s1. The lowest BCUT2D eigenvalue weighted by atomic mass is 10.2. The molecule has 0 saturated carbocycles. The van der Waals surface area contributed by atoms with E-state index in [2.05, 4.69) is 0 Å². The van der Waals surface area contributed by atoms with Crippen LogP contribution in [0.15, 0.2) is 29.2 Å². The zero-order valence-corrected chi connectivity index (χ0v) is 13.3. The summed E-state index contributed by atoms with van der Waals surface area (Å²) >= 11 is -0.304. The predicted octanol–water partition coefficient (Wildman–Crippen LogP) is 4.52. The summed E-state index contributed by atoms with van der Waals surface area (Å²) in [6.45, 7) is 3.38. The maximum Gasteiger partial charge on any atom is 0.446 e. The highest BCUT2D eigenvalue weighted by molar-refractivity contribution is 8.00. The van der Waals surface area contributed by atoms with Gasteiger partial charge in [-0.2, -0.15) is 13.2 Å². The fourth-order valence-electron chi connectivity index (χ4n) is 1.67. The fraction of sp³-hybridized carbons (Fsp3) is 0.500. The molecule has 0 saturated heterocycles. The molecule has 1 aromatic rings. The third kappa shape index (κ3) is 5.30. The van der Waals surface area contributed by atoms with Crippen LogP contribution >= 0.6 is 19.4 Å². The maximum atomic E-state index is 12.6. The van der Waals surface area contributed by atoms with E-state index in [1.165, 1.54) is 24.3 Å². The van der Waals surface area contributed by atoms with Gasteiger partial charge in [-0.05, 0) is 37.2 Å². The molecule has 0 radical (unpaired) electrons. The van der Waals surface area contributed by atoms with Crippen LogP contribution in [0.4, 0.5) is 13.2 Å². The third-order valence-electron chi connectivity index (χ3n) is 2.42. The molecule has 0 unspecified atom stereocenters. The van der Waals surface area contributed by atoms with Gasteiger partial charge in [0.05, 0.1) is 13.2 Å². The van der Waals surface area contributed by atoms with Crippen molar-refractivity contribution in [3.05, 3.63) is 29.8 Å². The lowest BCUT2D eigenvalue weighted by Crippen LogP contribution is -2.16. The number of nitrogens with two attached hydrogens (primary N) is 1. The molecular weight excluding hydrogens is 326 g/mol. The normalized spacial score (nSPS) is 14.2. The highest BCUT2D eigenvalue weighted by Gasteiger charge is 2.37. The molecule has 4 nitrogen and oxygen atoms in total. The molecule has 1 rings (SSSR count). The van der Waals surface area contributed by atoms with Crippen molar-refractivity contribution in [3.8, 4) is 0 Å². The van der Waals surface area contributed by atoms with Crippen LogP contribution in [0.2, 0.25) is 0 Å². The van der Waals surface area contributed by atoms with Crippen LogP contribution < -0.4 is 5.73 Å². The van der Waals surface area contributed by atoms with Gasteiger partial charge in [0.25, 0.3) is 0 Å². The molecule has 2 N–H and O–H groups in total. The SMILES string of the molecule is CCOP(=O)(OCC)[C@H](N)c1ccccc1SC(F)(F)F. The molecule has 9 heteroatoms. The molecule has 0 amide bonds. The van der Waals surface area contributed by atoms with Gasteiger partial charge in [-0.1, -0.05) is 18.2 Å². The maximum absolute atomic E-state index is 12.6. The minimum absolute atomic E-state index is 0.0829. The van der Waals surface area contributed by atoms with Gasteiger partial charge in [0.15, 0.2) is 0 Å². The summed E-state index contributed by atoms with van der Waals surface area (Å²) in [6.07, 6.45) is 0. The van der Waals surface area contributed by atoms with E-state index < -0.39 is 18.9 Å². The van der Waals surface area contributed by atoms with Gasteiger partial charge in [-0.3, -0.25) is 4.57 Å².